The summed E-state index contributed by atoms with van der Waals surface area (Å²) in [6, 6.07) is 14.2. The van der Waals surface area contributed by atoms with Crippen LogP contribution in [0.2, 0.25) is 0 Å². The van der Waals surface area contributed by atoms with Crippen LogP contribution in [0.25, 0.3) is 11.4 Å². The molecule has 0 aliphatic carbocycles. The predicted molar refractivity (Wildman–Crippen MR) is 164 cm³/mol. The standard InChI is InChI=1S/C30H37N9O4/c1-21-20-39(11-10-31-21)27(40)23-4-8-25(9-5-23)33-30(41)32-24-6-2-22(3-7-24)26-34-28(37-12-16-42-17-13-37)36-29(35-26)38-14-18-43-19-15-38/h2-9,21,31H,10-20H2,1H3,(H2,32,33,41)/t21-/m0/s1. The highest BCUT2D eigenvalue weighted by Gasteiger charge is 2.23. The van der Waals surface area contributed by atoms with Crippen LogP contribution in [0.5, 0.6) is 0 Å². The molecule has 3 amide bonds. The van der Waals surface area contributed by atoms with E-state index in [4.69, 9.17) is 24.4 Å². The minimum Gasteiger partial charge on any atom is -0.378 e. The molecule has 3 aliphatic rings. The number of morpholine rings is 2. The van der Waals surface area contributed by atoms with Crippen molar-refractivity contribution in [1.29, 1.82) is 0 Å². The molecule has 13 nitrogen and oxygen atoms in total. The lowest BCUT2D eigenvalue weighted by Gasteiger charge is -2.32. The van der Waals surface area contributed by atoms with Crippen molar-refractivity contribution in [2.75, 3.05) is 92.7 Å². The Labute approximate surface area is 250 Å². The first-order valence-electron chi connectivity index (χ1n) is 14.7. The predicted octanol–water partition coefficient (Wildman–Crippen LogP) is 2.29. The van der Waals surface area contributed by atoms with Crippen molar-refractivity contribution in [3.05, 3.63) is 54.1 Å². The summed E-state index contributed by atoms with van der Waals surface area (Å²) >= 11 is 0. The van der Waals surface area contributed by atoms with Crippen molar-refractivity contribution in [3.63, 3.8) is 0 Å². The monoisotopic (exact) mass is 587 g/mol. The molecule has 2 aromatic carbocycles. The van der Waals surface area contributed by atoms with Crippen molar-refractivity contribution >= 4 is 35.2 Å². The molecule has 3 aromatic rings. The van der Waals surface area contributed by atoms with E-state index in [9.17, 15) is 9.59 Å². The molecule has 0 spiro atoms. The van der Waals surface area contributed by atoms with Crippen LogP contribution in [0.1, 0.15) is 17.3 Å². The maximum absolute atomic E-state index is 12.8. The van der Waals surface area contributed by atoms with E-state index in [0.717, 1.165) is 38.3 Å². The Hall–Kier alpha value is -4.33. The molecule has 6 rings (SSSR count). The molecule has 3 aliphatic heterocycles. The number of piperazine rings is 1. The Bertz CT molecular complexity index is 1370. The molecule has 0 bridgehead atoms. The van der Waals surface area contributed by atoms with Gasteiger partial charge in [0.05, 0.1) is 26.4 Å². The maximum atomic E-state index is 12.8. The Morgan fingerprint density at radius 3 is 1.84 bits per heavy atom. The molecular weight excluding hydrogens is 550 g/mol. The van der Waals surface area contributed by atoms with Gasteiger partial charge in [-0.3, -0.25) is 4.79 Å². The van der Waals surface area contributed by atoms with Crippen LogP contribution < -0.4 is 25.8 Å². The molecule has 0 unspecified atom stereocenters. The Kier molecular flexibility index (Phi) is 8.91. The summed E-state index contributed by atoms with van der Waals surface area (Å²) < 4.78 is 11.0. The molecule has 4 heterocycles. The largest absolute Gasteiger partial charge is 0.378 e. The van der Waals surface area contributed by atoms with Crippen LogP contribution in [0, 0.1) is 0 Å². The van der Waals surface area contributed by atoms with Crippen molar-refractivity contribution in [2.45, 2.75) is 13.0 Å². The molecule has 43 heavy (non-hydrogen) atoms. The van der Waals surface area contributed by atoms with Crippen LogP contribution >= 0.6 is 0 Å². The maximum Gasteiger partial charge on any atom is 0.323 e. The fraction of sp³-hybridized carbons (Fsp3) is 0.433. The van der Waals surface area contributed by atoms with Gasteiger partial charge in [0.25, 0.3) is 5.91 Å². The van der Waals surface area contributed by atoms with Gasteiger partial charge in [-0.05, 0) is 55.5 Å². The van der Waals surface area contributed by atoms with Crippen molar-refractivity contribution in [2.24, 2.45) is 0 Å². The van der Waals surface area contributed by atoms with E-state index in [1.165, 1.54) is 0 Å². The molecule has 0 radical (unpaired) electrons. The molecule has 3 saturated heterocycles. The number of amides is 3. The third-order valence-corrected chi connectivity index (χ3v) is 7.65. The number of hydrogen-bond donors (Lipinski definition) is 3. The van der Waals surface area contributed by atoms with Crippen LogP contribution in [0.3, 0.4) is 0 Å². The van der Waals surface area contributed by atoms with E-state index >= 15 is 0 Å². The lowest BCUT2D eigenvalue weighted by molar-refractivity contribution is 0.0709. The highest BCUT2D eigenvalue weighted by Crippen LogP contribution is 2.24. The van der Waals surface area contributed by atoms with E-state index in [-0.39, 0.29) is 18.0 Å². The number of carbonyl (C=O) groups excluding carboxylic acids is 2. The Balaban J connectivity index is 1.10. The number of nitrogens with one attached hydrogen (secondary N) is 3. The number of nitrogens with zero attached hydrogens (tertiary/aromatic N) is 6. The summed E-state index contributed by atoms with van der Waals surface area (Å²) in [4.78, 5) is 46.0. The second kappa shape index (κ2) is 13.3. The summed E-state index contributed by atoms with van der Waals surface area (Å²) in [7, 11) is 0. The molecular formula is C30H37N9O4. The second-order valence-corrected chi connectivity index (χ2v) is 10.8. The zero-order valence-electron chi connectivity index (χ0n) is 24.3. The molecule has 226 valence electrons. The van der Waals surface area contributed by atoms with E-state index in [0.29, 0.717) is 74.2 Å². The molecule has 13 heteroatoms. The third kappa shape index (κ3) is 7.19. The first kappa shape index (κ1) is 28.8. The van der Waals surface area contributed by atoms with Gasteiger partial charge in [0, 0.05) is 74.4 Å². The number of hydrogen-bond acceptors (Lipinski definition) is 10. The zero-order valence-corrected chi connectivity index (χ0v) is 24.3. The number of ether oxygens (including phenoxy) is 2. The van der Waals surface area contributed by atoms with Gasteiger partial charge in [-0.25, -0.2) is 4.79 Å². The van der Waals surface area contributed by atoms with E-state index in [1.807, 2.05) is 29.2 Å². The molecule has 1 aromatic heterocycles. The number of rotatable bonds is 6. The van der Waals surface area contributed by atoms with Crippen LogP contribution in [0.4, 0.5) is 28.1 Å². The summed E-state index contributed by atoms with van der Waals surface area (Å²) in [6.07, 6.45) is 0. The number of urea groups is 1. The average Bonchev–Trinajstić information content (AvgIpc) is 3.06. The van der Waals surface area contributed by atoms with Gasteiger partial charge >= 0.3 is 6.03 Å². The van der Waals surface area contributed by atoms with Crippen molar-refractivity contribution < 1.29 is 19.1 Å². The van der Waals surface area contributed by atoms with Gasteiger partial charge in [-0.2, -0.15) is 15.0 Å². The number of aromatic nitrogens is 3. The average molecular weight is 588 g/mol. The number of benzene rings is 2. The highest BCUT2D eigenvalue weighted by atomic mass is 16.5. The van der Waals surface area contributed by atoms with Gasteiger partial charge in [0.2, 0.25) is 11.9 Å². The lowest BCUT2D eigenvalue weighted by Crippen LogP contribution is -2.51. The molecule has 1 atom stereocenters. The SMILES string of the molecule is C[C@H]1CN(C(=O)c2ccc(NC(=O)Nc3ccc(-c4nc(N5CCOCC5)nc(N5CCOCC5)n4)cc3)cc2)CCN1. The summed E-state index contributed by atoms with van der Waals surface area (Å²) in [5.41, 5.74) is 2.63. The normalized spacial score (nSPS) is 19.2. The second-order valence-electron chi connectivity index (χ2n) is 10.8. The summed E-state index contributed by atoms with van der Waals surface area (Å²) in [5, 5.41) is 9.03. The summed E-state index contributed by atoms with van der Waals surface area (Å²) in [5.74, 6) is 1.83. The van der Waals surface area contributed by atoms with Crippen LogP contribution in [0.15, 0.2) is 48.5 Å². The fourth-order valence-electron chi connectivity index (χ4n) is 5.28. The quantitative estimate of drug-likeness (QED) is 0.394. The number of carbonyl (C=O) groups is 2. The van der Waals surface area contributed by atoms with Crippen LogP contribution in [-0.4, -0.2) is 110 Å². The fourth-order valence-corrected chi connectivity index (χ4v) is 5.28. The molecule has 3 fully saturated rings. The lowest BCUT2D eigenvalue weighted by atomic mass is 10.1. The minimum atomic E-state index is -0.382. The summed E-state index contributed by atoms with van der Waals surface area (Å²) in [6.45, 7) is 9.63. The van der Waals surface area contributed by atoms with E-state index in [2.05, 4.69) is 32.7 Å². The van der Waals surface area contributed by atoms with E-state index < -0.39 is 0 Å². The Morgan fingerprint density at radius 1 is 0.767 bits per heavy atom. The van der Waals surface area contributed by atoms with E-state index in [1.54, 1.807) is 24.3 Å². The van der Waals surface area contributed by atoms with Crippen molar-refractivity contribution in [3.8, 4) is 11.4 Å². The van der Waals surface area contributed by atoms with Crippen molar-refractivity contribution in [1.82, 2.24) is 25.2 Å². The van der Waals surface area contributed by atoms with Gasteiger partial charge in [0.1, 0.15) is 0 Å². The highest BCUT2D eigenvalue weighted by molar-refractivity contribution is 6.00. The third-order valence-electron chi connectivity index (χ3n) is 7.65. The smallest absolute Gasteiger partial charge is 0.323 e. The number of anilines is 4. The van der Waals surface area contributed by atoms with Gasteiger partial charge in [-0.15, -0.1) is 0 Å². The minimum absolute atomic E-state index is 0.00301. The molecule has 3 N–H and O–H groups in total. The first-order chi connectivity index (χ1) is 21.0. The molecule has 0 saturated carbocycles. The topological polar surface area (TPSA) is 137 Å². The zero-order chi connectivity index (χ0) is 29.6. The van der Waals surface area contributed by atoms with Gasteiger partial charge in [0.15, 0.2) is 5.82 Å². The van der Waals surface area contributed by atoms with Gasteiger partial charge in [-0.1, -0.05) is 0 Å². The first-order valence-corrected chi connectivity index (χ1v) is 14.7. The van der Waals surface area contributed by atoms with Gasteiger partial charge < -0.3 is 40.1 Å². The van der Waals surface area contributed by atoms with Crippen LogP contribution in [-0.2, 0) is 9.47 Å². The Morgan fingerprint density at radius 2 is 1.30 bits per heavy atom.